The third-order valence-corrected chi connectivity index (χ3v) is 9.76. The molecular formula is C31H35Cl2N3O5S. The van der Waals surface area contributed by atoms with Crippen molar-refractivity contribution in [2.75, 3.05) is 17.5 Å². The molecule has 4 rings (SSSR count). The molecule has 1 fully saturated rings. The Hall–Kier alpha value is -3.27. The first kappa shape index (κ1) is 31.7. The minimum absolute atomic E-state index is 0.0152. The van der Waals surface area contributed by atoms with E-state index in [2.05, 4.69) is 5.32 Å². The van der Waals surface area contributed by atoms with Crippen LogP contribution in [0.1, 0.15) is 45.1 Å². The molecule has 1 saturated carbocycles. The van der Waals surface area contributed by atoms with E-state index in [1.165, 1.54) is 17.0 Å². The number of halogens is 2. The molecule has 3 aromatic rings. The summed E-state index contributed by atoms with van der Waals surface area (Å²) in [6.45, 7) is 3.18. The standard InChI is InChI=1S/C31H35Cl2N3O5S/c1-3-41-29-16-10-9-15-28(29)36(42(39,40)25-13-5-4-6-14-25)21-30(37)35(20-23-17-18-26(32)27(33)19-23)22(2)31(38)34-24-11-7-8-12-24/h4-6,9-10,13-19,22,24H,3,7-8,11-12,20-21H2,1-2H3,(H,34,38)/t22-/m1/s1. The molecule has 0 spiro atoms. The van der Waals surface area contributed by atoms with E-state index in [9.17, 15) is 18.0 Å². The highest BCUT2D eigenvalue weighted by Crippen LogP contribution is 2.33. The van der Waals surface area contributed by atoms with Crippen LogP contribution in [0.4, 0.5) is 5.69 Å². The first-order chi connectivity index (χ1) is 20.1. The van der Waals surface area contributed by atoms with Gasteiger partial charge in [-0.05, 0) is 68.7 Å². The minimum Gasteiger partial charge on any atom is -0.492 e. The Morgan fingerprint density at radius 2 is 1.64 bits per heavy atom. The van der Waals surface area contributed by atoms with Gasteiger partial charge in [0.1, 0.15) is 18.3 Å². The van der Waals surface area contributed by atoms with Gasteiger partial charge >= 0.3 is 0 Å². The number of nitrogens with one attached hydrogen (secondary N) is 1. The number of ether oxygens (including phenoxy) is 1. The summed E-state index contributed by atoms with van der Waals surface area (Å²) in [5.74, 6) is -0.557. The minimum atomic E-state index is -4.21. The van der Waals surface area contributed by atoms with Crippen LogP contribution in [-0.2, 0) is 26.2 Å². The van der Waals surface area contributed by atoms with Crippen molar-refractivity contribution in [2.24, 2.45) is 0 Å². The first-order valence-corrected chi connectivity index (χ1v) is 16.1. The lowest BCUT2D eigenvalue weighted by atomic mass is 10.1. The zero-order valence-corrected chi connectivity index (χ0v) is 26.0. The van der Waals surface area contributed by atoms with Crippen LogP contribution in [0.2, 0.25) is 10.0 Å². The van der Waals surface area contributed by atoms with E-state index in [4.69, 9.17) is 27.9 Å². The van der Waals surface area contributed by atoms with E-state index < -0.39 is 28.5 Å². The molecule has 1 aliphatic carbocycles. The van der Waals surface area contributed by atoms with Crippen LogP contribution in [0.15, 0.2) is 77.7 Å². The van der Waals surface area contributed by atoms with Crippen molar-refractivity contribution >= 4 is 50.7 Å². The van der Waals surface area contributed by atoms with E-state index in [1.54, 1.807) is 74.5 Å². The number of rotatable bonds is 12. The van der Waals surface area contributed by atoms with Crippen LogP contribution in [0.3, 0.4) is 0 Å². The van der Waals surface area contributed by atoms with Gasteiger partial charge in [-0.1, -0.05) is 72.4 Å². The normalized spacial score (nSPS) is 14.3. The van der Waals surface area contributed by atoms with Crippen LogP contribution in [0.5, 0.6) is 5.75 Å². The van der Waals surface area contributed by atoms with Gasteiger partial charge in [-0.15, -0.1) is 0 Å². The Morgan fingerprint density at radius 1 is 0.976 bits per heavy atom. The summed E-state index contributed by atoms with van der Waals surface area (Å²) in [6.07, 6.45) is 3.85. The SMILES string of the molecule is CCOc1ccccc1N(CC(=O)N(Cc1ccc(Cl)c(Cl)c1)[C@H](C)C(=O)NC1CCCC1)S(=O)(=O)c1ccccc1. The molecule has 0 aliphatic heterocycles. The topological polar surface area (TPSA) is 96.0 Å². The molecule has 0 bridgehead atoms. The molecule has 0 unspecified atom stereocenters. The Labute approximate surface area is 257 Å². The number of carbonyl (C=O) groups is 2. The van der Waals surface area contributed by atoms with Crippen LogP contribution < -0.4 is 14.4 Å². The molecular weight excluding hydrogens is 597 g/mol. The lowest BCUT2D eigenvalue weighted by Crippen LogP contribution is -2.52. The number of carbonyl (C=O) groups excluding carboxylic acids is 2. The maximum atomic E-state index is 14.2. The summed E-state index contributed by atoms with van der Waals surface area (Å²) in [5, 5.41) is 3.72. The summed E-state index contributed by atoms with van der Waals surface area (Å²) in [4.78, 5) is 28.9. The van der Waals surface area contributed by atoms with Gasteiger partial charge in [-0.3, -0.25) is 13.9 Å². The molecule has 8 nitrogen and oxygen atoms in total. The molecule has 3 aromatic carbocycles. The lowest BCUT2D eigenvalue weighted by Gasteiger charge is -2.33. The number of hydrogen-bond acceptors (Lipinski definition) is 5. The van der Waals surface area contributed by atoms with E-state index in [0.717, 1.165) is 30.0 Å². The fourth-order valence-electron chi connectivity index (χ4n) is 4.98. The summed E-state index contributed by atoms with van der Waals surface area (Å²) in [6, 6.07) is 18.7. The van der Waals surface area contributed by atoms with Gasteiger partial charge in [0.2, 0.25) is 11.8 Å². The van der Waals surface area contributed by atoms with Gasteiger partial charge in [-0.25, -0.2) is 8.42 Å². The van der Waals surface area contributed by atoms with Crippen molar-refractivity contribution in [3.05, 3.63) is 88.4 Å². The average molecular weight is 633 g/mol. The lowest BCUT2D eigenvalue weighted by molar-refractivity contribution is -0.139. The van der Waals surface area contributed by atoms with Crippen LogP contribution in [-0.4, -0.2) is 50.4 Å². The van der Waals surface area contributed by atoms with E-state index in [0.29, 0.717) is 28.0 Å². The van der Waals surface area contributed by atoms with Crippen molar-refractivity contribution in [2.45, 2.75) is 63.1 Å². The van der Waals surface area contributed by atoms with E-state index in [-0.39, 0.29) is 29.1 Å². The second-order valence-electron chi connectivity index (χ2n) is 10.2. The van der Waals surface area contributed by atoms with Gasteiger partial charge in [0.25, 0.3) is 10.0 Å². The van der Waals surface area contributed by atoms with Gasteiger partial charge < -0.3 is 15.0 Å². The quantitative estimate of drug-likeness (QED) is 0.262. The molecule has 1 aliphatic rings. The highest BCUT2D eigenvalue weighted by molar-refractivity contribution is 7.92. The van der Waals surface area contributed by atoms with Gasteiger partial charge in [-0.2, -0.15) is 0 Å². The summed E-state index contributed by atoms with van der Waals surface area (Å²) < 4.78 is 34.8. The van der Waals surface area contributed by atoms with Gasteiger partial charge in [0.15, 0.2) is 0 Å². The monoisotopic (exact) mass is 631 g/mol. The van der Waals surface area contributed by atoms with Crippen molar-refractivity contribution in [3.63, 3.8) is 0 Å². The Bertz CT molecular complexity index is 1500. The summed E-state index contributed by atoms with van der Waals surface area (Å²) in [7, 11) is -4.21. The molecule has 0 saturated heterocycles. The van der Waals surface area contributed by atoms with Crippen LogP contribution >= 0.6 is 23.2 Å². The van der Waals surface area contributed by atoms with Gasteiger partial charge in [0, 0.05) is 12.6 Å². The zero-order valence-electron chi connectivity index (χ0n) is 23.6. The van der Waals surface area contributed by atoms with Crippen molar-refractivity contribution in [3.8, 4) is 5.75 Å². The molecule has 0 heterocycles. The highest BCUT2D eigenvalue weighted by Gasteiger charge is 2.34. The molecule has 2 amide bonds. The molecule has 1 N–H and O–H groups in total. The third-order valence-electron chi connectivity index (χ3n) is 7.25. The predicted octanol–water partition coefficient (Wildman–Crippen LogP) is 6.06. The number of anilines is 1. The third kappa shape index (κ3) is 7.56. The number of sulfonamides is 1. The Balaban J connectivity index is 1.72. The van der Waals surface area contributed by atoms with Crippen LogP contribution in [0, 0.1) is 0 Å². The molecule has 1 atom stereocenters. The molecule has 224 valence electrons. The van der Waals surface area contributed by atoms with Crippen molar-refractivity contribution in [1.82, 2.24) is 10.2 Å². The fourth-order valence-corrected chi connectivity index (χ4v) is 6.75. The molecule has 0 radical (unpaired) electrons. The maximum Gasteiger partial charge on any atom is 0.264 e. The summed E-state index contributed by atoms with van der Waals surface area (Å²) >= 11 is 12.4. The van der Waals surface area contributed by atoms with Crippen molar-refractivity contribution < 1.29 is 22.7 Å². The number of hydrogen-bond donors (Lipinski definition) is 1. The smallest absolute Gasteiger partial charge is 0.264 e. The second kappa shape index (κ2) is 14.3. The molecule has 0 aromatic heterocycles. The number of para-hydroxylation sites is 2. The predicted molar refractivity (Wildman–Crippen MR) is 165 cm³/mol. The molecule has 42 heavy (non-hydrogen) atoms. The summed E-state index contributed by atoms with van der Waals surface area (Å²) in [5.41, 5.74) is 0.861. The Kier molecular flexibility index (Phi) is 10.8. The Morgan fingerprint density at radius 3 is 2.31 bits per heavy atom. The average Bonchev–Trinajstić information content (AvgIpc) is 3.50. The van der Waals surface area contributed by atoms with E-state index >= 15 is 0 Å². The number of nitrogens with zero attached hydrogens (tertiary/aromatic N) is 2. The highest BCUT2D eigenvalue weighted by atomic mass is 35.5. The maximum absolute atomic E-state index is 14.2. The van der Waals surface area contributed by atoms with Crippen LogP contribution in [0.25, 0.3) is 0 Å². The van der Waals surface area contributed by atoms with Gasteiger partial charge in [0.05, 0.1) is 27.2 Å². The largest absolute Gasteiger partial charge is 0.492 e. The van der Waals surface area contributed by atoms with E-state index in [1.807, 2.05) is 0 Å². The second-order valence-corrected chi connectivity index (χ2v) is 12.8. The number of amides is 2. The number of benzene rings is 3. The van der Waals surface area contributed by atoms with Crippen molar-refractivity contribution in [1.29, 1.82) is 0 Å². The fraction of sp³-hybridized carbons (Fsp3) is 0.355. The first-order valence-electron chi connectivity index (χ1n) is 13.9. The zero-order chi connectivity index (χ0) is 30.3. The molecule has 11 heteroatoms.